The van der Waals surface area contributed by atoms with Crippen LogP contribution in [-0.4, -0.2) is 16.8 Å². The number of para-hydroxylation sites is 1. The number of halogens is 1. The van der Waals surface area contributed by atoms with Gasteiger partial charge in [-0.25, -0.2) is 4.39 Å². The number of anilines is 2. The van der Waals surface area contributed by atoms with Gasteiger partial charge >= 0.3 is 0 Å². The van der Waals surface area contributed by atoms with Crippen LogP contribution in [0.25, 0.3) is 0 Å². The third-order valence-electron chi connectivity index (χ3n) is 7.59. The van der Waals surface area contributed by atoms with E-state index in [2.05, 4.69) is 5.32 Å². The van der Waals surface area contributed by atoms with Crippen LogP contribution in [0.2, 0.25) is 0 Å². The van der Waals surface area contributed by atoms with Gasteiger partial charge in [0.1, 0.15) is 29.1 Å². The number of allylic oxidation sites excluding steroid dienone is 1. The van der Waals surface area contributed by atoms with Crippen molar-refractivity contribution in [3.8, 4) is 11.5 Å². The van der Waals surface area contributed by atoms with E-state index in [4.69, 9.17) is 4.74 Å². The molecule has 0 spiro atoms. The van der Waals surface area contributed by atoms with Gasteiger partial charge in [0, 0.05) is 35.2 Å². The van der Waals surface area contributed by atoms with Crippen LogP contribution in [-0.2, 0) is 9.59 Å². The first kappa shape index (κ1) is 27.4. The number of rotatable bonds is 5. The van der Waals surface area contributed by atoms with E-state index in [1.165, 1.54) is 17.0 Å². The number of Topliss-reactive ketones (excluding diaryl/α,β-unsaturated/α-hetero) is 1. The van der Waals surface area contributed by atoms with E-state index in [0.717, 1.165) is 5.56 Å². The molecule has 0 saturated heterocycles. The zero-order chi connectivity index (χ0) is 28.8. The van der Waals surface area contributed by atoms with Crippen LogP contribution < -0.4 is 15.0 Å². The molecule has 0 saturated carbocycles. The molecule has 1 aliphatic carbocycles. The second-order valence-corrected chi connectivity index (χ2v) is 11.7. The Labute approximate surface area is 234 Å². The van der Waals surface area contributed by atoms with Crippen molar-refractivity contribution < 1.29 is 23.8 Å². The van der Waals surface area contributed by atoms with E-state index in [0.29, 0.717) is 34.8 Å². The number of carbonyl (C=O) groups is 2. The molecule has 0 radical (unpaired) electrons. The number of nitrogens with zero attached hydrogens (tertiary/aromatic N) is 1. The van der Waals surface area contributed by atoms with Gasteiger partial charge < -0.3 is 15.2 Å². The third kappa shape index (κ3) is 5.08. The summed E-state index contributed by atoms with van der Waals surface area (Å²) in [5.41, 5.74) is 2.44. The lowest BCUT2D eigenvalue weighted by molar-refractivity contribution is -0.122. The quantitative estimate of drug-likeness (QED) is 0.327. The Morgan fingerprint density at radius 1 is 1.05 bits per heavy atom. The molecule has 1 amide bonds. The number of ether oxygens (including phenoxy) is 1. The molecule has 1 heterocycles. The molecule has 5 rings (SSSR count). The van der Waals surface area contributed by atoms with Crippen molar-refractivity contribution in [2.24, 2.45) is 11.3 Å². The molecule has 1 unspecified atom stereocenters. The van der Waals surface area contributed by atoms with Crippen molar-refractivity contribution in [1.29, 1.82) is 0 Å². The van der Waals surface area contributed by atoms with Gasteiger partial charge in [0.25, 0.3) is 0 Å². The van der Waals surface area contributed by atoms with E-state index in [-0.39, 0.29) is 40.9 Å². The summed E-state index contributed by atoms with van der Waals surface area (Å²) in [7, 11) is 0. The average Bonchev–Trinajstić information content (AvgIpc) is 3.03. The van der Waals surface area contributed by atoms with Crippen molar-refractivity contribution >= 4 is 23.1 Å². The Balaban J connectivity index is 1.67. The number of hydrogen-bond donors (Lipinski definition) is 2. The molecule has 2 N–H and O–H groups in total. The second-order valence-electron chi connectivity index (χ2n) is 11.7. The number of ketones is 1. The number of fused-ring (bicyclic) bond motifs is 1. The largest absolute Gasteiger partial charge is 0.506 e. The minimum absolute atomic E-state index is 0.0542. The van der Waals surface area contributed by atoms with Gasteiger partial charge in [-0.05, 0) is 48.6 Å². The minimum Gasteiger partial charge on any atom is -0.506 e. The minimum atomic E-state index is -1.02. The first-order valence-electron chi connectivity index (χ1n) is 13.7. The summed E-state index contributed by atoms with van der Waals surface area (Å²) >= 11 is 0. The molecule has 208 valence electrons. The van der Waals surface area contributed by atoms with Crippen LogP contribution in [0, 0.1) is 17.2 Å². The number of benzene rings is 3. The van der Waals surface area contributed by atoms with Crippen LogP contribution in [0.15, 0.2) is 78.0 Å². The highest BCUT2D eigenvalue weighted by Crippen LogP contribution is 2.51. The van der Waals surface area contributed by atoms with Crippen molar-refractivity contribution in [2.75, 3.05) is 10.2 Å². The van der Waals surface area contributed by atoms with E-state index >= 15 is 4.39 Å². The first-order valence-corrected chi connectivity index (χ1v) is 13.7. The van der Waals surface area contributed by atoms with Gasteiger partial charge in [-0.3, -0.25) is 14.5 Å². The van der Waals surface area contributed by atoms with Gasteiger partial charge in [0.15, 0.2) is 5.78 Å². The van der Waals surface area contributed by atoms with Crippen molar-refractivity contribution in [2.45, 2.75) is 59.6 Å². The fourth-order valence-electron chi connectivity index (χ4n) is 5.66. The van der Waals surface area contributed by atoms with E-state index in [9.17, 15) is 14.7 Å². The molecule has 0 fully saturated rings. The van der Waals surface area contributed by atoms with E-state index in [1.807, 2.05) is 51.1 Å². The van der Waals surface area contributed by atoms with Gasteiger partial charge in [-0.1, -0.05) is 64.1 Å². The average molecular weight is 543 g/mol. The van der Waals surface area contributed by atoms with Gasteiger partial charge in [0.2, 0.25) is 5.91 Å². The Morgan fingerprint density at radius 2 is 1.77 bits per heavy atom. The predicted octanol–water partition coefficient (Wildman–Crippen LogP) is 7.47. The van der Waals surface area contributed by atoms with E-state index < -0.39 is 17.8 Å². The zero-order valence-electron chi connectivity index (χ0n) is 23.5. The Kier molecular flexibility index (Phi) is 7.17. The Hall–Kier alpha value is -4.13. The predicted molar refractivity (Wildman–Crippen MR) is 154 cm³/mol. The van der Waals surface area contributed by atoms with Gasteiger partial charge in [-0.2, -0.15) is 0 Å². The van der Waals surface area contributed by atoms with E-state index in [1.54, 1.807) is 38.1 Å². The van der Waals surface area contributed by atoms with Crippen LogP contribution in [0.4, 0.5) is 15.8 Å². The number of phenols is 1. The molecule has 7 heteroatoms. The molecule has 1 aliphatic heterocycles. The molecule has 2 aliphatic rings. The molecular formula is C33H35FN2O4. The topological polar surface area (TPSA) is 78.9 Å². The maximum atomic E-state index is 16.1. The number of hydrogen-bond acceptors (Lipinski definition) is 5. The summed E-state index contributed by atoms with van der Waals surface area (Å²) in [5, 5.41) is 14.1. The smallest absolute Gasteiger partial charge is 0.230 e. The lowest BCUT2D eigenvalue weighted by Crippen LogP contribution is -2.41. The van der Waals surface area contributed by atoms with Gasteiger partial charge in [0.05, 0.1) is 11.7 Å². The van der Waals surface area contributed by atoms with Crippen LogP contribution >= 0.6 is 0 Å². The molecule has 40 heavy (non-hydrogen) atoms. The second kappa shape index (κ2) is 10.5. The number of nitrogens with one attached hydrogen (secondary N) is 1. The Bertz CT molecular complexity index is 1500. The molecule has 6 nitrogen and oxygen atoms in total. The summed E-state index contributed by atoms with van der Waals surface area (Å²) < 4.78 is 22.2. The summed E-state index contributed by atoms with van der Waals surface area (Å²) in [4.78, 5) is 29.1. The summed E-state index contributed by atoms with van der Waals surface area (Å²) in [6, 6.07) is 18.1. The molecule has 0 aromatic heterocycles. The molecule has 3 aromatic carbocycles. The highest BCUT2D eigenvalue weighted by Gasteiger charge is 2.45. The van der Waals surface area contributed by atoms with Crippen LogP contribution in [0.1, 0.15) is 70.7 Å². The van der Waals surface area contributed by atoms with Gasteiger partial charge in [-0.15, -0.1) is 0 Å². The molecular weight excluding hydrogens is 507 g/mol. The van der Waals surface area contributed by atoms with Crippen LogP contribution in [0.5, 0.6) is 11.5 Å². The SMILES string of the molecule is CC(C)C(=O)N1c2cccc(O)c2NC2=C(C(=O)CC(C)(C)C2)C1c1ccc(O[C@@H](C)c2ccccc2)cc1F. The maximum Gasteiger partial charge on any atom is 0.230 e. The summed E-state index contributed by atoms with van der Waals surface area (Å²) in [5.74, 6) is -1.20. The monoisotopic (exact) mass is 542 g/mol. The Morgan fingerprint density at radius 3 is 2.45 bits per heavy atom. The number of phenolic OH excluding ortho intramolecular Hbond substituents is 1. The fourth-order valence-corrected chi connectivity index (χ4v) is 5.66. The summed E-state index contributed by atoms with van der Waals surface area (Å²) in [6.07, 6.45) is 0.450. The third-order valence-corrected chi connectivity index (χ3v) is 7.59. The molecule has 3 aromatic rings. The zero-order valence-corrected chi connectivity index (χ0v) is 23.5. The lowest BCUT2D eigenvalue weighted by atomic mass is 9.73. The number of carbonyl (C=O) groups excluding carboxylic acids is 2. The van der Waals surface area contributed by atoms with Crippen molar-refractivity contribution in [1.82, 2.24) is 0 Å². The molecule has 0 bridgehead atoms. The van der Waals surface area contributed by atoms with Crippen LogP contribution in [0.3, 0.4) is 0 Å². The standard InChI is InChI=1S/C33H35FN2O4/c1-19(2)32(39)36-26-12-9-13-27(37)30(26)35-25-17-33(4,5)18-28(38)29(25)31(36)23-15-14-22(16-24(23)34)40-20(3)21-10-7-6-8-11-21/h6-16,19-20,31,35,37H,17-18H2,1-5H3/t20-,31?/m0/s1. The highest BCUT2D eigenvalue weighted by atomic mass is 19.1. The summed E-state index contributed by atoms with van der Waals surface area (Å²) in [6.45, 7) is 9.42. The number of amides is 1. The lowest BCUT2D eigenvalue weighted by Gasteiger charge is -2.37. The maximum absolute atomic E-state index is 16.1. The van der Waals surface area contributed by atoms with Crippen molar-refractivity contribution in [3.63, 3.8) is 0 Å². The molecule has 2 atom stereocenters. The highest BCUT2D eigenvalue weighted by molar-refractivity contribution is 6.07. The number of aromatic hydroxyl groups is 1. The first-order chi connectivity index (χ1) is 19.0. The fraction of sp³-hybridized carbons (Fsp3) is 0.333. The van der Waals surface area contributed by atoms with Crippen molar-refractivity contribution in [3.05, 3.63) is 94.9 Å². The normalized spacial score (nSPS) is 18.9.